The molecule has 2 aliphatic heterocycles. The number of ether oxygens (including phenoxy) is 2. The fourth-order valence-corrected chi connectivity index (χ4v) is 3.81. The normalized spacial score (nSPS) is 19.2. The van der Waals surface area contributed by atoms with Crippen molar-refractivity contribution in [3.05, 3.63) is 53.3 Å². The summed E-state index contributed by atoms with van der Waals surface area (Å²) in [6, 6.07) is 7.42. The highest BCUT2D eigenvalue weighted by Gasteiger charge is 2.51. The third-order valence-electron chi connectivity index (χ3n) is 5.51. The van der Waals surface area contributed by atoms with Crippen molar-refractivity contribution >= 4 is 29.3 Å². The summed E-state index contributed by atoms with van der Waals surface area (Å²) in [5.41, 5.74) is -0.598. The fraction of sp³-hybridized carbons (Fsp3) is 0.273. The zero-order valence-corrected chi connectivity index (χ0v) is 17.4. The number of hydrogen-bond donors (Lipinski definition) is 2. The second-order valence-corrected chi connectivity index (χ2v) is 7.44. The lowest BCUT2D eigenvalue weighted by Crippen LogP contribution is -2.44. The first-order valence-corrected chi connectivity index (χ1v) is 9.89. The topological polar surface area (TPSA) is 114 Å². The van der Waals surface area contributed by atoms with Crippen molar-refractivity contribution in [3.8, 4) is 11.5 Å². The van der Waals surface area contributed by atoms with Gasteiger partial charge in [0.05, 0.1) is 5.69 Å². The van der Waals surface area contributed by atoms with Crippen molar-refractivity contribution in [1.29, 1.82) is 0 Å². The summed E-state index contributed by atoms with van der Waals surface area (Å²) in [5.74, 6) is -1.34. The van der Waals surface area contributed by atoms with Crippen molar-refractivity contribution in [2.75, 3.05) is 18.7 Å². The first-order chi connectivity index (χ1) is 15.2. The van der Waals surface area contributed by atoms with Crippen LogP contribution in [0.2, 0.25) is 0 Å². The molecule has 0 spiro atoms. The number of halogens is 1. The summed E-state index contributed by atoms with van der Waals surface area (Å²) in [6.07, 6.45) is 0.206. The van der Waals surface area contributed by atoms with Gasteiger partial charge in [-0.25, -0.2) is 9.18 Å². The standard InChI is InChI=1S/C22H20FN3O6/c1-3-22(13-4-6-14(23)7-5-13)20(29)26(21(30)25-22)10-19(28)24-16-9-18-17(31-11-32-18)8-15(16)12(2)27/h4-9H,3,10-11H2,1-2H3,(H,24,28)(H,25,30). The average Bonchev–Trinajstić information content (AvgIpc) is 3.31. The Morgan fingerprint density at radius 2 is 1.81 bits per heavy atom. The Hall–Kier alpha value is -3.95. The number of amides is 4. The first-order valence-electron chi connectivity index (χ1n) is 9.89. The van der Waals surface area contributed by atoms with Crippen LogP contribution in [0.1, 0.15) is 36.2 Å². The minimum atomic E-state index is -1.39. The minimum absolute atomic E-state index is 0.00495. The molecule has 2 aromatic rings. The molecule has 32 heavy (non-hydrogen) atoms. The van der Waals surface area contributed by atoms with E-state index in [4.69, 9.17) is 9.47 Å². The van der Waals surface area contributed by atoms with Gasteiger partial charge in [-0.1, -0.05) is 19.1 Å². The van der Waals surface area contributed by atoms with Crippen molar-refractivity contribution in [2.45, 2.75) is 25.8 Å². The van der Waals surface area contributed by atoms with Crippen molar-refractivity contribution in [3.63, 3.8) is 0 Å². The van der Waals surface area contributed by atoms with Crippen LogP contribution in [0.4, 0.5) is 14.9 Å². The Labute approximate surface area is 182 Å². The number of anilines is 1. The SMILES string of the molecule is CCC1(c2ccc(F)cc2)NC(=O)N(CC(=O)Nc2cc3c(cc2C(C)=O)OCO3)C1=O. The fourth-order valence-electron chi connectivity index (χ4n) is 3.81. The Morgan fingerprint density at radius 3 is 2.44 bits per heavy atom. The molecular formula is C22H20FN3O6. The van der Waals surface area contributed by atoms with Gasteiger partial charge in [0.1, 0.15) is 17.9 Å². The quantitative estimate of drug-likeness (QED) is 0.526. The van der Waals surface area contributed by atoms with E-state index in [0.717, 1.165) is 4.90 Å². The highest BCUT2D eigenvalue weighted by Crippen LogP contribution is 2.37. The molecule has 10 heteroatoms. The third kappa shape index (κ3) is 3.53. The lowest BCUT2D eigenvalue weighted by molar-refractivity contribution is -0.134. The summed E-state index contributed by atoms with van der Waals surface area (Å²) >= 11 is 0. The van der Waals surface area contributed by atoms with E-state index in [0.29, 0.717) is 17.1 Å². The zero-order chi connectivity index (χ0) is 23.0. The van der Waals surface area contributed by atoms with E-state index < -0.39 is 35.7 Å². The van der Waals surface area contributed by atoms with Crippen LogP contribution in [-0.4, -0.2) is 41.9 Å². The van der Waals surface area contributed by atoms with E-state index in [2.05, 4.69) is 10.6 Å². The van der Waals surface area contributed by atoms with E-state index in [1.54, 1.807) is 6.92 Å². The summed E-state index contributed by atoms with van der Waals surface area (Å²) in [4.78, 5) is 51.2. The monoisotopic (exact) mass is 441 g/mol. The molecule has 1 saturated heterocycles. The molecule has 0 bridgehead atoms. The predicted octanol–water partition coefficient (Wildman–Crippen LogP) is 2.55. The number of Topliss-reactive ketones (excluding diaryl/α,β-unsaturated/α-hetero) is 1. The van der Waals surface area contributed by atoms with Crippen molar-refractivity contribution < 1.29 is 33.0 Å². The minimum Gasteiger partial charge on any atom is -0.454 e. The third-order valence-corrected chi connectivity index (χ3v) is 5.51. The number of urea groups is 1. The van der Waals surface area contributed by atoms with E-state index in [9.17, 15) is 23.6 Å². The molecule has 1 unspecified atom stereocenters. The highest BCUT2D eigenvalue weighted by molar-refractivity contribution is 6.11. The van der Waals surface area contributed by atoms with Crippen LogP contribution in [0.3, 0.4) is 0 Å². The van der Waals surface area contributed by atoms with Gasteiger partial charge in [-0.05, 0) is 37.1 Å². The molecule has 2 heterocycles. The van der Waals surface area contributed by atoms with Crippen LogP contribution in [0, 0.1) is 5.82 Å². The van der Waals surface area contributed by atoms with E-state index in [1.807, 2.05) is 0 Å². The molecule has 4 rings (SSSR count). The van der Waals surface area contributed by atoms with Gasteiger partial charge in [0, 0.05) is 11.6 Å². The second-order valence-electron chi connectivity index (χ2n) is 7.44. The average molecular weight is 441 g/mol. The molecule has 4 amide bonds. The molecule has 2 aromatic carbocycles. The molecule has 1 fully saturated rings. The number of nitrogens with one attached hydrogen (secondary N) is 2. The maximum atomic E-state index is 13.3. The van der Waals surface area contributed by atoms with Gasteiger partial charge in [0.2, 0.25) is 12.7 Å². The summed E-state index contributed by atoms with van der Waals surface area (Å²) in [5, 5.41) is 5.19. The van der Waals surface area contributed by atoms with E-state index >= 15 is 0 Å². The largest absolute Gasteiger partial charge is 0.454 e. The number of hydrogen-bond acceptors (Lipinski definition) is 6. The van der Waals surface area contributed by atoms with Crippen LogP contribution in [0.5, 0.6) is 11.5 Å². The van der Waals surface area contributed by atoms with E-state index in [1.165, 1.54) is 43.3 Å². The number of carbonyl (C=O) groups is 4. The van der Waals surface area contributed by atoms with Crippen molar-refractivity contribution in [2.24, 2.45) is 0 Å². The molecule has 9 nitrogen and oxygen atoms in total. The number of imide groups is 1. The molecule has 0 aromatic heterocycles. The maximum Gasteiger partial charge on any atom is 0.325 e. The highest BCUT2D eigenvalue weighted by atomic mass is 19.1. The Kier molecular flexibility index (Phi) is 5.29. The molecule has 1 atom stereocenters. The predicted molar refractivity (Wildman–Crippen MR) is 110 cm³/mol. The van der Waals surface area contributed by atoms with Gasteiger partial charge in [-0.3, -0.25) is 19.3 Å². The smallest absolute Gasteiger partial charge is 0.325 e. The van der Waals surface area contributed by atoms with Crippen LogP contribution < -0.4 is 20.1 Å². The van der Waals surface area contributed by atoms with Crippen LogP contribution in [0.25, 0.3) is 0 Å². The molecule has 0 radical (unpaired) electrons. The van der Waals surface area contributed by atoms with E-state index in [-0.39, 0.29) is 30.2 Å². The van der Waals surface area contributed by atoms with Crippen LogP contribution in [0.15, 0.2) is 36.4 Å². The van der Waals surface area contributed by atoms with Crippen LogP contribution in [-0.2, 0) is 15.1 Å². The number of benzene rings is 2. The Morgan fingerprint density at radius 1 is 1.16 bits per heavy atom. The molecule has 0 aliphatic carbocycles. The number of fused-ring (bicyclic) bond motifs is 1. The summed E-state index contributed by atoms with van der Waals surface area (Å²) < 4.78 is 23.9. The van der Waals surface area contributed by atoms with Crippen LogP contribution >= 0.6 is 0 Å². The lowest BCUT2D eigenvalue weighted by atomic mass is 9.87. The molecular weight excluding hydrogens is 421 g/mol. The van der Waals surface area contributed by atoms with Gasteiger partial charge in [-0.2, -0.15) is 0 Å². The number of carbonyl (C=O) groups excluding carboxylic acids is 4. The summed E-state index contributed by atoms with van der Waals surface area (Å²) in [6.45, 7) is 2.47. The molecule has 166 valence electrons. The van der Waals surface area contributed by atoms with Crippen molar-refractivity contribution in [1.82, 2.24) is 10.2 Å². The Bertz CT molecular complexity index is 1130. The van der Waals surface area contributed by atoms with Gasteiger partial charge in [0.15, 0.2) is 17.3 Å². The second kappa shape index (κ2) is 7.95. The lowest BCUT2D eigenvalue weighted by Gasteiger charge is -2.25. The first kappa shape index (κ1) is 21.3. The van der Waals surface area contributed by atoms with Gasteiger partial charge in [-0.15, -0.1) is 0 Å². The van der Waals surface area contributed by atoms with Gasteiger partial charge >= 0.3 is 6.03 Å². The van der Waals surface area contributed by atoms with Gasteiger partial charge in [0.25, 0.3) is 5.91 Å². The zero-order valence-electron chi connectivity index (χ0n) is 17.4. The molecule has 2 aliphatic rings. The Balaban J connectivity index is 1.55. The summed E-state index contributed by atoms with van der Waals surface area (Å²) in [7, 11) is 0. The number of ketones is 1. The van der Waals surface area contributed by atoms with Gasteiger partial charge < -0.3 is 20.1 Å². The maximum absolute atomic E-state index is 13.3. The number of nitrogens with zero attached hydrogens (tertiary/aromatic N) is 1. The molecule has 2 N–H and O–H groups in total. The number of rotatable bonds is 6. The molecule has 0 saturated carbocycles.